The van der Waals surface area contributed by atoms with Gasteiger partial charge in [-0.2, -0.15) is 0 Å². The van der Waals surface area contributed by atoms with Gasteiger partial charge in [-0.05, 0) is 41.8 Å². The Labute approximate surface area is 164 Å². The highest BCUT2D eigenvalue weighted by Crippen LogP contribution is 2.23. The molecule has 138 valence electrons. The van der Waals surface area contributed by atoms with Crippen molar-refractivity contribution in [3.8, 4) is 0 Å². The number of amides is 2. The molecule has 0 saturated heterocycles. The smallest absolute Gasteiger partial charge is 0.251 e. The largest absolute Gasteiger partial charge is 0.350 e. The first-order valence-electron chi connectivity index (χ1n) is 8.41. The third-order valence-corrected chi connectivity index (χ3v) is 4.79. The molecule has 0 aliphatic heterocycles. The number of halogens is 2. The van der Waals surface area contributed by atoms with Crippen LogP contribution < -0.4 is 10.2 Å². The molecule has 0 saturated carbocycles. The number of benzene rings is 2. The lowest BCUT2D eigenvalue weighted by atomic mass is 10.0. The number of hydrogen-bond acceptors (Lipinski definition) is 2. The van der Waals surface area contributed by atoms with Crippen molar-refractivity contribution in [3.05, 3.63) is 63.6 Å². The van der Waals surface area contributed by atoms with Crippen molar-refractivity contribution in [2.24, 2.45) is 0 Å². The lowest BCUT2D eigenvalue weighted by molar-refractivity contribution is -0.116. The summed E-state index contributed by atoms with van der Waals surface area (Å²) in [5.41, 5.74) is 2.45. The van der Waals surface area contributed by atoms with Gasteiger partial charge in [0.05, 0.1) is 10.0 Å². The van der Waals surface area contributed by atoms with Crippen LogP contribution >= 0.6 is 23.2 Å². The van der Waals surface area contributed by atoms with Crippen molar-refractivity contribution in [1.82, 2.24) is 5.32 Å². The number of carbonyl (C=O) groups is 2. The molecule has 26 heavy (non-hydrogen) atoms. The normalized spacial score (nSPS) is 10.7. The number of nitrogens with zero attached hydrogens (tertiary/aromatic N) is 1. The second-order valence-electron chi connectivity index (χ2n) is 6.30. The van der Waals surface area contributed by atoms with Crippen molar-refractivity contribution >= 4 is 40.7 Å². The number of nitrogens with one attached hydrogen (secondary N) is 1. The van der Waals surface area contributed by atoms with Crippen molar-refractivity contribution < 1.29 is 9.59 Å². The van der Waals surface area contributed by atoms with Gasteiger partial charge in [0.15, 0.2) is 0 Å². The molecule has 0 unspecified atom stereocenters. The summed E-state index contributed by atoms with van der Waals surface area (Å²) in [6.07, 6.45) is 0. The van der Waals surface area contributed by atoms with E-state index < -0.39 is 0 Å². The molecule has 0 aromatic heterocycles. The van der Waals surface area contributed by atoms with Crippen LogP contribution in [0, 0.1) is 0 Å². The number of hydrogen-bond donors (Lipinski definition) is 1. The van der Waals surface area contributed by atoms with Gasteiger partial charge in [-0.1, -0.05) is 49.2 Å². The molecule has 0 aliphatic rings. The maximum Gasteiger partial charge on any atom is 0.251 e. The molecule has 0 heterocycles. The Morgan fingerprint density at radius 1 is 1.04 bits per heavy atom. The fourth-order valence-electron chi connectivity index (χ4n) is 2.53. The summed E-state index contributed by atoms with van der Waals surface area (Å²) in [4.78, 5) is 25.8. The van der Waals surface area contributed by atoms with Gasteiger partial charge < -0.3 is 10.2 Å². The molecule has 2 aromatic carbocycles. The summed E-state index contributed by atoms with van der Waals surface area (Å²) in [5, 5.41) is 3.52. The monoisotopic (exact) mass is 392 g/mol. The molecule has 0 aliphatic carbocycles. The highest BCUT2D eigenvalue weighted by atomic mass is 35.5. The lowest BCUT2D eigenvalue weighted by Gasteiger charge is -2.22. The predicted octanol–water partition coefficient (Wildman–Crippen LogP) is 4.90. The van der Waals surface area contributed by atoms with Crippen LogP contribution in [0.4, 0.5) is 5.69 Å². The first-order valence-corrected chi connectivity index (χ1v) is 9.16. The van der Waals surface area contributed by atoms with E-state index in [1.807, 2.05) is 24.3 Å². The summed E-state index contributed by atoms with van der Waals surface area (Å²) in [5.74, 6) is 0.0913. The SMILES string of the molecule is CC(=O)N(CCNC(=O)c1ccc(Cl)c(Cl)c1)c1ccc(C(C)C)cc1. The molecule has 0 atom stereocenters. The topological polar surface area (TPSA) is 49.4 Å². The fourth-order valence-corrected chi connectivity index (χ4v) is 2.83. The Balaban J connectivity index is 1.99. The van der Waals surface area contributed by atoms with Crippen molar-refractivity contribution in [2.75, 3.05) is 18.0 Å². The fraction of sp³-hybridized carbons (Fsp3) is 0.300. The van der Waals surface area contributed by atoms with Gasteiger partial charge >= 0.3 is 0 Å². The third kappa shape index (κ3) is 5.23. The first kappa shape index (κ1) is 20.3. The molecule has 2 aromatic rings. The zero-order valence-corrected chi connectivity index (χ0v) is 16.6. The first-order chi connectivity index (χ1) is 12.3. The van der Waals surface area contributed by atoms with Crippen LogP contribution in [0.3, 0.4) is 0 Å². The average Bonchev–Trinajstić information content (AvgIpc) is 2.60. The third-order valence-electron chi connectivity index (χ3n) is 4.05. The summed E-state index contributed by atoms with van der Waals surface area (Å²) in [6.45, 7) is 6.46. The predicted molar refractivity (Wildman–Crippen MR) is 107 cm³/mol. The minimum absolute atomic E-state index is 0.0777. The van der Waals surface area contributed by atoms with Crippen LogP contribution in [0.5, 0.6) is 0 Å². The van der Waals surface area contributed by atoms with Crippen molar-refractivity contribution in [2.45, 2.75) is 26.7 Å². The molecule has 4 nitrogen and oxygen atoms in total. The Hall–Kier alpha value is -2.04. The van der Waals surface area contributed by atoms with Gasteiger partial charge in [-0.25, -0.2) is 0 Å². The van der Waals surface area contributed by atoms with Crippen LogP contribution in [0.1, 0.15) is 42.6 Å². The molecule has 1 N–H and O–H groups in total. The van der Waals surface area contributed by atoms with Crippen molar-refractivity contribution in [3.63, 3.8) is 0 Å². The van der Waals surface area contributed by atoms with Gasteiger partial charge in [-0.3, -0.25) is 9.59 Å². The van der Waals surface area contributed by atoms with Gasteiger partial charge in [0, 0.05) is 31.3 Å². The number of anilines is 1. The lowest BCUT2D eigenvalue weighted by Crippen LogP contribution is -2.37. The summed E-state index contributed by atoms with van der Waals surface area (Å²) < 4.78 is 0. The minimum atomic E-state index is -0.262. The van der Waals surface area contributed by atoms with E-state index in [9.17, 15) is 9.59 Å². The van der Waals surface area contributed by atoms with Gasteiger partial charge in [0.25, 0.3) is 5.91 Å². The molecular weight excluding hydrogens is 371 g/mol. The number of carbonyl (C=O) groups excluding carboxylic acids is 2. The van der Waals surface area contributed by atoms with Gasteiger partial charge in [0.2, 0.25) is 5.91 Å². The van der Waals surface area contributed by atoms with E-state index in [2.05, 4.69) is 19.2 Å². The molecule has 0 bridgehead atoms. The van der Waals surface area contributed by atoms with Gasteiger partial charge in [0.1, 0.15) is 0 Å². The van der Waals surface area contributed by atoms with E-state index in [0.29, 0.717) is 34.6 Å². The summed E-state index contributed by atoms with van der Waals surface area (Å²) >= 11 is 11.8. The zero-order chi connectivity index (χ0) is 19.3. The zero-order valence-electron chi connectivity index (χ0n) is 15.1. The Morgan fingerprint density at radius 3 is 2.23 bits per heavy atom. The Kier molecular flexibility index (Phi) is 7.06. The van der Waals surface area contributed by atoms with Crippen LogP contribution in [0.15, 0.2) is 42.5 Å². The van der Waals surface area contributed by atoms with E-state index in [4.69, 9.17) is 23.2 Å². The Morgan fingerprint density at radius 2 is 1.69 bits per heavy atom. The van der Waals surface area contributed by atoms with Crippen LogP contribution in [-0.2, 0) is 4.79 Å². The van der Waals surface area contributed by atoms with E-state index in [1.54, 1.807) is 17.0 Å². The highest BCUT2D eigenvalue weighted by Gasteiger charge is 2.13. The quantitative estimate of drug-likeness (QED) is 0.759. The molecule has 0 radical (unpaired) electrons. The average molecular weight is 393 g/mol. The molecule has 2 rings (SSSR count). The van der Waals surface area contributed by atoms with Crippen LogP contribution in [0.2, 0.25) is 10.0 Å². The van der Waals surface area contributed by atoms with E-state index >= 15 is 0 Å². The number of rotatable bonds is 6. The van der Waals surface area contributed by atoms with E-state index in [0.717, 1.165) is 5.69 Å². The van der Waals surface area contributed by atoms with Crippen molar-refractivity contribution in [1.29, 1.82) is 0 Å². The summed E-state index contributed by atoms with van der Waals surface area (Å²) in [6, 6.07) is 12.6. The molecule has 0 fully saturated rings. The van der Waals surface area contributed by atoms with E-state index in [1.165, 1.54) is 18.6 Å². The molecule has 0 spiro atoms. The maximum atomic E-state index is 12.2. The van der Waals surface area contributed by atoms with E-state index in [-0.39, 0.29) is 11.8 Å². The molecular formula is C20H22Cl2N2O2. The summed E-state index contributed by atoms with van der Waals surface area (Å²) in [7, 11) is 0. The maximum absolute atomic E-state index is 12.2. The Bertz CT molecular complexity index is 789. The van der Waals surface area contributed by atoms with Crippen LogP contribution in [-0.4, -0.2) is 24.9 Å². The second kappa shape index (κ2) is 9.06. The highest BCUT2D eigenvalue weighted by molar-refractivity contribution is 6.42. The van der Waals surface area contributed by atoms with Crippen LogP contribution in [0.25, 0.3) is 0 Å². The van der Waals surface area contributed by atoms with Gasteiger partial charge in [-0.15, -0.1) is 0 Å². The molecule has 2 amide bonds. The standard InChI is InChI=1S/C20H22Cl2N2O2/c1-13(2)15-4-7-17(8-5-15)24(14(3)25)11-10-23-20(26)16-6-9-18(21)19(22)12-16/h4-9,12-13H,10-11H2,1-3H3,(H,23,26). The second-order valence-corrected chi connectivity index (χ2v) is 7.12. The minimum Gasteiger partial charge on any atom is -0.350 e. The molecule has 6 heteroatoms.